The number of nitro benzene ring substituents is 1. The van der Waals surface area contributed by atoms with Crippen LogP contribution < -0.4 is 10.3 Å². The van der Waals surface area contributed by atoms with E-state index in [1.165, 1.54) is 17.0 Å². The molecule has 3 aromatic carbocycles. The third kappa shape index (κ3) is 3.35. The number of fused-ring (bicyclic) bond motifs is 1. The smallest absolute Gasteiger partial charge is 0.269 e. The van der Waals surface area contributed by atoms with Gasteiger partial charge >= 0.3 is 0 Å². The fourth-order valence-electron chi connectivity index (χ4n) is 4.51. The molecule has 2 heterocycles. The summed E-state index contributed by atoms with van der Waals surface area (Å²) in [5, 5.41) is 12.9. The van der Waals surface area contributed by atoms with E-state index in [9.17, 15) is 19.7 Å². The summed E-state index contributed by atoms with van der Waals surface area (Å²) in [6.07, 6.45) is 0. The number of non-ortho nitro benzene ring substituents is 1. The second kappa shape index (κ2) is 7.99. The van der Waals surface area contributed by atoms with Gasteiger partial charge in [-0.2, -0.15) is 0 Å². The molecule has 0 aliphatic carbocycles. The van der Waals surface area contributed by atoms with Gasteiger partial charge in [0.05, 0.1) is 22.6 Å². The maximum atomic E-state index is 13.5. The first-order chi connectivity index (χ1) is 15.5. The molecule has 0 saturated carbocycles. The van der Waals surface area contributed by atoms with E-state index in [4.69, 9.17) is 0 Å². The van der Waals surface area contributed by atoms with E-state index in [0.29, 0.717) is 12.2 Å². The second-order valence-electron chi connectivity index (χ2n) is 7.89. The van der Waals surface area contributed by atoms with Crippen molar-refractivity contribution in [3.63, 3.8) is 0 Å². The Balaban J connectivity index is 1.53. The van der Waals surface area contributed by atoms with Crippen molar-refractivity contribution in [1.29, 1.82) is 0 Å². The number of carbonyl (C=O) groups is 2. The molecule has 2 saturated heterocycles. The van der Waals surface area contributed by atoms with Crippen molar-refractivity contribution in [3.05, 3.63) is 106 Å². The lowest BCUT2D eigenvalue weighted by atomic mass is 9.91. The molecule has 0 spiro atoms. The quantitative estimate of drug-likeness (QED) is 0.381. The van der Waals surface area contributed by atoms with Gasteiger partial charge in [0, 0.05) is 18.7 Å². The normalized spacial score (nSPS) is 22.9. The maximum Gasteiger partial charge on any atom is 0.269 e. The number of benzene rings is 3. The second-order valence-corrected chi connectivity index (χ2v) is 7.89. The summed E-state index contributed by atoms with van der Waals surface area (Å²) in [4.78, 5) is 38.8. The van der Waals surface area contributed by atoms with Gasteiger partial charge < -0.3 is 0 Å². The predicted molar refractivity (Wildman–Crippen MR) is 117 cm³/mol. The number of nitrogens with zero attached hydrogens (tertiary/aromatic N) is 3. The van der Waals surface area contributed by atoms with Crippen LogP contribution in [0.5, 0.6) is 0 Å². The molecule has 8 nitrogen and oxygen atoms in total. The standard InChI is InChI=1S/C24H20N4O4/c29-23-20-21(17-11-13-19(14-12-17)28(31)32)25-26(15-16-7-3-1-4-8-16)22(20)24(30)27(23)18-9-5-2-6-10-18/h1-14,20-22,25H,15H2/t20-,21+,22-/m1/s1. The lowest BCUT2D eigenvalue weighted by Crippen LogP contribution is -2.45. The SMILES string of the molecule is O=C1[C@@H]2[C@H](c3ccc([N+](=O)[O-])cc3)NN(Cc3ccccc3)[C@H]2C(=O)N1c1ccccc1. The monoisotopic (exact) mass is 428 g/mol. The van der Waals surface area contributed by atoms with E-state index >= 15 is 0 Å². The first-order valence-electron chi connectivity index (χ1n) is 10.3. The average molecular weight is 428 g/mol. The number of nitrogens with one attached hydrogen (secondary N) is 1. The highest BCUT2D eigenvalue weighted by Crippen LogP contribution is 2.42. The Morgan fingerprint density at radius 3 is 2.09 bits per heavy atom. The van der Waals surface area contributed by atoms with Gasteiger partial charge in [-0.15, -0.1) is 0 Å². The van der Waals surface area contributed by atoms with E-state index in [-0.39, 0.29) is 17.5 Å². The first-order valence-corrected chi connectivity index (χ1v) is 10.3. The van der Waals surface area contributed by atoms with Gasteiger partial charge in [-0.3, -0.25) is 19.7 Å². The predicted octanol–water partition coefficient (Wildman–Crippen LogP) is 3.21. The van der Waals surface area contributed by atoms with E-state index in [0.717, 1.165) is 11.1 Å². The topological polar surface area (TPSA) is 95.8 Å². The third-order valence-corrected chi connectivity index (χ3v) is 5.99. The van der Waals surface area contributed by atoms with Crippen LogP contribution in [-0.4, -0.2) is 27.8 Å². The van der Waals surface area contributed by atoms with E-state index in [1.807, 2.05) is 41.4 Å². The molecule has 160 valence electrons. The van der Waals surface area contributed by atoms with Crippen LogP contribution >= 0.6 is 0 Å². The molecule has 0 radical (unpaired) electrons. The van der Waals surface area contributed by atoms with Gasteiger partial charge in [-0.05, 0) is 23.3 Å². The minimum atomic E-state index is -0.678. The number of hydrogen-bond donors (Lipinski definition) is 1. The number of para-hydroxylation sites is 1. The minimum Gasteiger partial charge on any atom is -0.274 e. The molecule has 1 N–H and O–H groups in total. The summed E-state index contributed by atoms with van der Waals surface area (Å²) in [5.74, 6) is -1.20. The first kappa shape index (κ1) is 20.0. The van der Waals surface area contributed by atoms with Gasteiger partial charge in [0.2, 0.25) is 5.91 Å². The van der Waals surface area contributed by atoms with Crippen LogP contribution in [0, 0.1) is 16.0 Å². The lowest BCUT2D eigenvalue weighted by molar-refractivity contribution is -0.384. The number of anilines is 1. The van der Waals surface area contributed by atoms with Crippen molar-refractivity contribution in [2.75, 3.05) is 4.90 Å². The van der Waals surface area contributed by atoms with Crippen LogP contribution in [0.2, 0.25) is 0 Å². The van der Waals surface area contributed by atoms with E-state index in [1.54, 1.807) is 36.4 Å². The van der Waals surface area contributed by atoms with Crippen molar-refractivity contribution in [3.8, 4) is 0 Å². The summed E-state index contributed by atoms with van der Waals surface area (Å²) < 4.78 is 0. The summed E-state index contributed by atoms with van der Waals surface area (Å²) in [6.45, 7) is 0.438. The maximum absolute atomic E-state index is 13.5. The van der Waals surface area contributed by atoms with Crippen LogP contribution in [0.15, 0.2) is 84.9 Å². The van der Waals surface area contributed by atoms with E-state index < -0.39 is 22.9 Å². The highest BCUT2D eigenvalue weighted by Gasteiger charge is 2.58. The molecular formula is C24H20N4O4. The van der Waals surface area contributed by atoms with Crippen molar-refractivity contribution in [2.24, 2.45) is 5.92 Å². The van der Waals surface area contributed by atoms with Crippen LogP contribution in [0.3, 0.4) is 0 Å². The van der Waals surface area contributed by atoms with Crippen LogP contribution in [0.4, 0.5) is 11.4 Å². The average Bonchev–Trinajstić information content (AvgIpc) is 3.31. The number of hydrazine groups is 1. The molecule has 2 amide bonds. The lowest BCUT2D eigenvalue weighted by Gasteiger charge is -2.25. The minimum absolute atomic E-state index is 0.0239. The molecule has 8 heteroatoms. The third-order valence-electron chi connectivity index (χ3n) is 5.99. The summed E-state index contributed by atoms with van der Waals surface area (Å²) in [7, 11) is 0. The Morgan fingerprint density at radius 1 is 0.844 bits per heavy atom. The Bertz CT molecular complexity index is 1170. The molecule has 2 fully saturated rings. The largest absolute Gasteiger partial charge is 0.274 e. The molecule has 3 aromatic rings. The van der Waals surface area contributed by atoms with Crippen molar-refractivity contribution in [2.45, 2.75) is 18.6 Å². The molecule has 2 aliphatic heterocycles. The number of amides is 2. The Labute approximate surface area is 184 Å². The molecule has 0 bridgehead atoms. The van der Waals surface area contributed by atoms with Gasteiger partial charge in [0.1, 0.15) is 6.04 Å². The number of carbonyl (C=O) groups excluding carboxylic acids is 2. The number of rotatable bonds is 5. The highest BCUT2D eigenvalue weighted by molar-refractivity contribution is 6.24. The number of imide groups is 1. The highest BCUT2D eigenvalue weighted by atomic mass is 16.6. The molecule has 0 unspecified atom stereocenters. The molecule has 32 heavy (non-hydrogen) atoms. The molecule has 5 rings (SSSR count). The zero-order valence-corrected chi connectivity index (χ0v) is 17.0. The van der Waals surface area contributed by atoms with Crippen molar-refractivity contribution in [1.82, 2.24) is 10.4 Å². The van der Waals surface area contributed by atoms with Gasteiger partial charge in [-0.1, -0.05) is 60.7 Å². The summed E-state index contributed by atoms with van der Waals surface area (Å²) >= 11 is 0. The van der Waals surface area contributed by atoms with Crippen LogP contribution in [-0.2, 0) is 16.1 Å². The van der Waals surface area contributed by atoms with Gasteiger partial charge in [0.15, 0.2) is 0 Å². The molecular weight excluding hydrogens is 408 g/mol. The molecule has 3 atom stereocenters. The fraction of sp³-hybridized carbons (Fsp3) is 0.167. The van der Waals surface area contributed by atoms with Crippen LogP contribution in [0.1, 0.15) is 17.2 Å². The molecule has 0 aromatic heterocycles. The number of hydrogen-bond acceptors (Lipinski definition) is 6. The van der Waals surface area contributed by atoms with Gasteiger partial charge in [-0.25, -0.2) is 15.3 Å². The van der Waals surface area contributed by atoms with Crippen LogP contribution in [0.25, 0.3) is 0 Å². The Kier molecular flexibility index (Phi) is 5.01. The summed E-state index contributed by atoms with van der Waals surface area (Å²) in [6, 6.07) is 23.6. The Hall–Kier alpha value is -3.88. The molecule has 2 aliphatic rings. The zero-order valence-electron chi connectivity index (χ0n) is 17.0. The van der Waals surface area contributed by atoms with Crippen molar-refractivity contribution < 1.29 is 14.5 Å². The zero-order chi connectivity index (χ0) is 22.2. The van der Waals surface area contributed by atoms with Crippen molar-refractivity contribution >= 4 is 23.2 Å². The Morgan fingerprint density at radius 2 is 1.47 bits per heavy atom. The van der Waals surface area contributed by atoms with Gasteiger partial charge in [0.25, 0.3) is 11.6 Å². The summed E-state index contributed by atoms with van der Waals surface area (Å²) in [5.41, 5.74) is 5.57. The number of nitro groups is 1. The fourth-order valence-corrected chi connectivity index (χ4v) is 4.51. The van der Waals surface area contributed by atoms with E-state index in [2.05, 4.69) is 5.43 Å².